The summed E-state index contributed by atoms with van der Waals surface area (Å²) in [5.74, 6) is -2.83. The number of benzene rings is 1. The third-order valence-electron chi connectivity index (χ3n) is 3.64. The van der Waals surface area contributed by atoms with E-state index in [-0.39, 0.29) is 24.5 Å². The fraction of sp³-hybridized carbons (Fsp3) is 0.267. The second kappa shape index (κ2) is 5.32. The Balaban J connectivity index is 2.10. The summed E-state index contributed by atoms with van der Waals surface area (Å²) in [6.45, 7) is -0.488. The predicted octanol–water partition coefficient (Wildman–Crippen LogP) is 3.50. The van der Waals surface area contributed by atoms with E-state index in [9.17, 15) is 18.9 Å². The van der Waals surface area contributed by atoms with Gasteiger partial charge >= 0.3 is 5.69 Å². The number of aromatic nitrogens is 1. The standard InChI is InChI=1S/C15H13F2N3O2/c16-15(17)7-9-19(10-15)14-13(20(21)22)12(6-8-18-14)11-4-2-1-3-5-11/h1-6,8H,7,9-10H2. The summed E-state index contributed by atoms with van der Waals surface area (Å²) in [6, 6.07) is 10.4. The molecule has 0 bridgehead atoms. The molecule has 7 heteroatoms. The third-order valence-corrected chi connectivity index (χ3v) is 3.64. The Morgan fingerprint density at radius 3 is 2.55 bits per heavy atom. The average Bonchev–Trinajstić information content (AvgIpc) is 2.87. The number of anilines is 1. The smallest absolute Gasteiger partial charge is 0.319 e. The minimum absolute atomic E-state index is 0.00327. The molecular weight excluding hydrogens is 292 g/mol. The zero-order valence-electron chi connectivity index (χ0n) is 11.6. The molecule has 1 aromatic heterocycles. The predicted molar refractivity (Wildman–Crippen MR) is 78.1 cm³/mol. The van der Waals surface area contributed by atoms with E-state index in [1.54, 1.807) is 30.3 Å². The van der Waals surface area contributed by atoms with Crippen molar-refractivity contribution in [1.82, 2.24) is 4.98 Å². The molecule has 3 rings (SSSR count). The Hall–Kier alpha value is -2.57. The molecule has 22 heavy (non-hydrogen) atoms. The number of hydrogen-bond donors (Lipinski definition) is 0. The van der Waals surface area contributed by atoms with Gasteiger partial charge in [0.2, 0.25) is 5.82 Å². The van der Waals surface area contributed by atoms with Crippen molar-refractivity contribution in [3.8, 4) is 11.1 Å². The van der Waals surface area contributed by atoms with Gasteiger partial charge in [-0.05, 0) is 11.6 Å². The first-order valence-electron chi connectivity index (χ1n) is 6.79. The summed E-state index contributed by atoms with van der Waals surface area (Å²) in [4.78, 5) is 16.2. The summed E-state index contributed by atoms with van der Waals surface area (Å²) in [7, 11) is 0. The first kappa shape index (κ1) is 14.4. The van der Waals surface area contributed by atoms with Gasteiger partial charge in [0.15, 0.2) is 0 Å². The quantitative estimate of drug-likeness (QED) is 0.643. The lowest BCUT2D eigenvalue weighted by Gasteiger charge is -2.18. The van der Waals surface area contributed by atoms with Crippen molar-refractivity contribution in [2.45, 2.75) is 12.3 Å². The van der Waals surface area contributed by atoms with Gasteiger partial charge in [-0.3, -0.25) is 10.1 Å². The highest BCUT2D eigenvalue weighted by molar-refractivity contribution is 5.80. The first-order valence-corrected chi connectivity index (χ1v) is 6.79. The summed E-state index contributed by atoms with van der Waals surface area (Å²) >= 11 is 0. The maximum atomic E-state index is 13.4. The number of alkyl halides is 2. The van der Waals surface area contributed by atoms with Gasteiger partial charge in [0.1, 0.15) is 0 Å². The normalized spacial score (nSPS) is 16.7. The molecule has 0 saturated carbocycles. The molecule has 1 aromatic carbocycles. The van der Waals surface area contributed by atoms with Gasteiger partial charge in [0, 0.05) is 19.2 Å². The lowest BCUT2D eigenvalue weighted by atomic mass is 10.1. The molecule has 0 amide bonds. The van der Waals surface area contributed by atoms with E-state index >= 15 is 0 Å². The molecule has 0 spiro atoms. The zero-order valence-corrected chi connectivity index (χ0v) is 11.6. The van der Waals surface area contributed by atoms with Crippen molar-refractivity contribution >= 4 is 11.5 Å². The summed E-state index contributed by atoms with van der Waals surface area (Å²) in [6.07, 6.45) is 1.10. The fourth-order valence-corrected chi connectivity index (χ4v) is 2.62. The minimum atomic E-state index is -2.84. The molecule has 0 N–H and O–H groups in total. The van der Waals surface area contributed by atoms with E-state index in [0.717, 1.165) is 0 Å². The van der Waals surface area contributed by atoms with Gasteiger partial charge in [-0.25, -0.2) is 13.8 Å². The highest BCUT2D eigenvalue weighted by Crippen LogP contribution is 2.39. The van der Waals surface area contributed by atoms with Crippen molar-refractivity contribution in [1.29, 1.82) is 0 Å². The van der Waals surface area contributed by atoms with Crippen molar-refractivity contribution < 1.29 is 13.7 Å². The monoisotopic (exact) mass is 305 g/mol. The maximum absolute atomic E-state index is 13.4. The SMILES string of the molecule is O=[N+]([O-])c1c(-c2ccccc2)ccnc1N1CCC(F)(F)C1. The van der Waals surface area contributed by atoms with Gasteiger partial charge in [-0.2, -0.15) is 0 Å². The van der Waals surface area contributed by atoms with Crippen LogP contribution in [-0.4, -0.2) is 28.9 Å². The number of nitro groups is 1. The lowest BCUT2D eigenvalue weighted by molar-refractivity contribution is -0.383. The van der Waals surface area contributed by atoms with Crippen LogP contribution in [0.5, 0.6) is 0 Å². The Bertz CT molecular complexity index is 707. The Kier molecular flexibility index (Phi) is 3.48. The van der Waals surface area contributed by atoms with Crippen molar-refractivity contribution in [2.75, 3.05) is 18.0 Å². The number of hydrogen-bond acceptors (Lipinski definition) is 4. The summed E-state index contributed by atoms with van der Waals surface area (Å²) in [5.41, 5.74) is 0.807. The minimum Gasteiger partial charge on any atom is -0.345 e. The van der Waals surface area contributed by atoms with Gasteiger partial charge in [-0.1, -0.05) is 30.3 Å². The molecular formula is C15H13F2N3O2. The van der Waals surface area contributed by atoms with Gasteiger partial charge < -0.3 is 4.90 Å². The van der Waals surface area contributed by atoms with Crippen LogP contribution in [0.15, 0.2) is 42.6 Å². The van der Waals surface area contributed by atoms with E-state index in [4.69, 9.17) is 0 Å². The topological polar surface area (TPSA) is 59.3 Å². The van der Waals surface area contributed by atoms with Crippen molar-refractivity contribution in [3.63, 3.8) is 0 Å². The van der Waals surface area contributed by atoms with Gasteiger partial charge in [-0.15, -0.1) is 0 Å². The second-order valence-electron chi connectivity index (χ2n) is 5.18. The maximum Gasteiger partial charge on any atom is 0.319 e. The van der Waals surface area contributed by atoms with Crippen molar-refractivity contribution in [2.24, 2.45) is 0 Å². The molecule has 114 valence electrons. The Morgan fingerprint density at radius 2 is 1.95 bits per heavy atom. The van der Waals surface area contributed by atoms with Crippen molar-refractivity contribution in [3.05, 3.63) is 52.7 Å². The summed E-state index contributed by atoms with van der Waals surface area (Å²) in [5, 5.41) is 11.5. The number of pyridine rings is 1. The van der Waals surface area contributed by atoms with E-state index in [1.807, 2.05) is 0 Å². The highest BCUT2D eigenvalue weighted by atomic mass is 19.3. The molecule has 0 unspecified atom stereocenters. The average molecular weight is 305 g/mol. The van der Waals surface area contributed by atoms with Crippen LogP contribution in [0, 0.1) is 10.1 Å². The Labute approximate surface area is 125 Å². The number of halogens is 2. The molecule has 1 saturated heterocycles. The van der Waals surface area contributed by atoms with Crippen LogP contribution in [0.3, 0.4) is 0 Å². The number of rotatable bonds is 3. The largest absolute Gasteiger partial charge is 0.345 e. The molecule has 1 aliphatic rings. The molecule has 2 heterocycles. The number of nitrogens with zero attached hydrogens (tertiary/aromatic N) is 3. The first-order chi connectivity index (χ1) is 10.5. The second-order valence-corrected chi connectivity index (χ2v) is 5.18. The molecule has 0 radical (unpaired) electrons. The van der Waals surface area contributed by atoms with Crippen LogP contribution < -0.4 is 4.90 Å². The van der Waals surface area contributed by atoms with Crippen LogP contribution in [0.2, 0.25) is 0 Å². The molecule has 2 aromatic rings. The molecule has 1 fully saturated rings. The third kappa shape index (κ3) is 2.61. The zero-order chi connectivity index (χ0) is 15.7. The summed E-state index contributed by atoms with van der Waals surface area (Å²) < 4.78 is 26.8. The molecule has 0 atom stereocenters. The van der Waals surface area contributed by atoms with Crippen LogP contribution >= 0.6 is 0 Å². The molecule has 1 aliphatic heterocycles. The van der Waals surface area contributed by atoms with E-state index in [2.05, 4.69) is 4.98 Å². The van der Waals surface area contributed by atoms with Crippen LogP contribution in [0.4, 0.5) is 20.3 Å². The Morgan fingerprint density at radius 1 is 1.23 bits per heavy atom. The van der Waals surface area contributed by atoms with Crippen LogP contribution in [0.25, 0.3) is 11.1 Å². The molecule has 5 nitrogen and oxygen atoms in total. The van der Waals surface area contributed by atoms with E-state index < -0.39 is 17.4 Å². The molecule has 0 aliphatic carbocycles. The van der Waals surface area contributed by atoms with E-state index in [1.165, 1.54) is 17.2 Å². The van der Waals surface area contributed by atoms with Crippen LogP contribution in [0.1, 0.15) is 6.42 Å². The fourth-order valence-electron chi connectivity index (χ4n) is 2.62. The van der Waals surface area contributed by atoms with Gasteiger partial charge in [0.05, 0.1) is 17.0 Å². The lowest BCUT2D eigenvalue weighted by Crippen LogP contribution is -2.26. The van der Waals surface area contributed by atoms with Crippen LogP contribution in [-0.2, 0) is 0 Å². The van der Waals surface area contributed by atoms with Gasteiger partial charge in [0.25, 0.3) is 5.92 Å². The highest BCUT2D eigenvalue weighted by Gasteiger charge is 2.41. The van der Waals surface area contributed by atoms with E-state index in [0.29, 0.717) is 11.1 Å².